The number of rotatable bonds is 6. The van der Waals surface area contributed by atoms with E-state index in [4.69, 9.17) is 14.2 Å². The van der Waals surface area contributed by atoms with Crippen LogP contribution in [0.5, 0.6) is 23.0 Å². The summed E-state index contributed by atoms with van der Waals surface area (Å²) in [5.74, 6) is 1.50. The summed E-state index contributed by atoms with van der Waals surface area (Å²) in [6.45, 7) is 0. The van der Waals surface area contributed by atoms with Crippen molar-refractivity contribution in [3.63, 3.8) is 0 Å². The molecule has 0 amide bonds. The molecule has 0 fully saturated rings. The highest BCUT2D eigenvalue weighted by Crippen LogP contribution is 2.56. The first-order valence-electron chi connectivity index (χ1n) is 17.3. The van der Waals surface area contributed by atoms with Crippen molar-refractivity contribution in [1.29, 1.82) is 10.5 Å². The van der Waals surface area contributed by atoms with Crippen molar-refractivity contribution in [3.05, 3.63) is 156 Å². The van der Waals surface area contributed by atoms with E-state index in [2.05, 4.69) is 17.0 Å². The summed E-state index contributed by atoms with van der Waals surface area (Å²) in [5, 5.41) is 20.5. The first kappa shape index (κ1) is 33.2. The topological polar surface area (TPSA) is 83.4 Å². The standard InChI is InChI=1S/C46H28F2N4O3/c1-53-33-13-19-43-41(23-33)51(42-24-34(54-2)14-20-44(42)55-43)40-18-15-35(29-7-3-27(25-49)4-8-29)46(45(40)30-9-5-28(26-50)6-10-30)52-38-16-11-31(47)21-36(38)37-22-32(48)12-17-39(37)52/h3-24H,1-2H3. The van der Waals surface area contributed by atoms with Crippen LogP contribution in [0, 0.1) is 34.3 Å². The lowest BCUT2D eigenvalue weighted by atomic mass is 9.92. The summed E-state index contributed by atoms with van der Waals surface area (Å²) >= 11 is 0. The van der Waals surface area contributed by atoms with Crippen LogP contribution < -0.4 is 19.1 Å². The number of benzene rings is 7. The lowest BCUT2D eigenvalue weighted by molar-refractivity contribution is 0.410. The molecule has 0 radical (unpaired) electrons. The van der Waals surface area contributed by atoms with Gasteiger partial charge in [-0.2, -0.15) is 10.5 Å². The molecule has 0 N–H and O–H groups in total. The number of aromatic nitrogens is 1. The van der Waals surface area contributed by atoms with Gasteiger partial charge in [-0.05, 0) is 102 Å². The molecule has 0 bridgehead atoms. The third-order valence-electron chi connectivity index (χ3n) is 9.97. The van der Waals surface area contributed by atoms with Gasteiger partial charge in [0, 0.05) is 34.0 Å². The van der Waals surface area contributed by atoms with Gasteiger partial charge in [0.1, 0.15) is 23.1 Å². The van der Waals surface area contributed by atoms with Crippen LogP contribution >= 0.6 is 0 Å². The van der Waals surface area contributed by atoms with Crippen LogP contribution in [0.2, 0.25) is 0 Å². The van der Waals surface area contributed by atoms with Gasteiger partial charge >= 0.3 is 0 Å². The number of hydrogen-bond donors (Lipinski definition) is 0. The van der Waals surface area contributed by atoms with Crippen LogP contribution in [0.15, 0.2) is 133 Å². The molecular weight excluding hydrogens is 695 g/mol. The highest BCUT2D eigenvalue weighted by Gasteiger charge is 2.32. The summed E-state index contributed by atoms with van der Waals surface area (Å²) in [5.41, 5.74) is 8.18. The predicted octanol–water partition coefficient (Wildman–Crippen LogP) is 11.7. The van der Waals surface area contributed by atoms with Crippen LogP contribution in [-0.4, -0.2) is 18.8 Å². The van der Waals surface area contributed by atoms with Crippen molar-refractivity contribution < 1.29 is 23.0 Å². The predicted molar refractivity (Wildman–Crippen MR) is 209 cm³/mol. The van der Waals surface area contributed by atoms with Gasteiger partial charge < -0.3 is 23.7 Å². The molecule has 55 heavy (non-hydrogen) atoms. The Morgan fingerprint density at radius 3 is 1.55 bits per heavy atom. The van der Waals surface area contributed by atoms with Crippen molar-refractivity contribution >= 4 is 38.9 Å². The van der Waals surface area contributed by atoms with Gasteiger partial charge in [0.25, 0.3) is 0 Å². The molecule has 7 nitrogen and oxygen atoms in total. The van der Waals surface area contributed by atoms with Crippen molar-refractivity contribution in [2.75, 3.05) is 19.1 Å². The number of halogens is 2. The van der Waals surface area contributed by atoms with Gasteiger partial charge in [0.15, 0.2) is 11.5 Å². The molecule has 0 spiro atoms. The summed E-state index contributed by atoms with van der Waals surface area (Å²) in [4.78, 5) is 2.09. The summed E-state index contributed by atoms with van der Waals surface area (Å²) in [6.07, 6.45) is 0. The van der Waals surface area contributed by atoms with Gasteiger partial charge in [-0.25, -0.2) is 8.78 Å². The fourth-order valence-corrected chi connectivity index (χ4v) is 7.44. The van der Waals surface area contributed by atoms with Gasteiger partial charge in [-0.3, -0.25) is 0 Å². The lowest BCUT2D eigenvalue weighted by Crippen LogP contribution is -2.18. The normalized spacial score (nSPS) is 11.7. The average Bonchev–Trinajstić information content (AvgIpc) is 3.54. The number of fused-ring (bicyclic) bond motifs is 5. The van der Waals surface area contributed by atoms with Crippen molar-refractivity contribution in [2.24, 2.45) is 0 Å². The van der Waals surface area contributed by atoms with Gasteiger partial charge in [-0.15, -0.1) is 0 Å². The van der Waals surface area contributed by atoms with E-state index in [9.17, 15) is 10.5 Å². The van der Waals surface area contributed by atoms with Crippen molar-refractivity contribution in [3.8, 4) is 63.1 Å². The number of ether oxygens (including phenoxy) is 3. The largest absolute Gasteiger partial charge is 0.497 e. The molecule has 0 saturated heterocycles. The summed E-state index contributed by atoms with van der Waals surface area (Å²) in [6, 6.07) is 43.3. The number of nitriles is 2. The van der Waals surface area contributed by atoms with Crippen LogP contribution in [0.3, 0.4) is 0 Å². The molecule has 264 valence electrons. The van der Waals surface area contributed by atoms with E-state index in [-0.39, 0.29) is 0 Å². The molecule has 0 atom stereocenters. The number of methoxy groups -OCH3 is 2. The Kier molecular flexibility index (Phi) is 7.92. The minimum Gasteiger partial charge on any atom is -0.497 e. The van der Waals surface area contributed by atoms with E-state index in [1.807, 2.05) is 77.4 Å². The minimum absolute atomic E-state index is 0.450. The summed E-state index contributed by atoms with van der Waals surface area (Å²) < 4.78 is 50.0. The number of nitrogens with zero attached hydrogens (tertiary/aromatic N) is 4. The maximum atomic E-state index is 15.0. The van der Waals surface area contributed by atoms with Gasteiger partial charge in [0.2, 0.25) is 0 Å². The second-order valence-electron chi connectivity index (χ2n) is 13.0. The van der Waals surface area contributed by atoms with E-state index in [0.717, 1.165) is 27.9 Å². The van der Waals surface area contributed by atoms with Crippen molar-refractivity contribution in [1.82, 2.24) is 4.57 Å². The maximum Gasteiger partial charge on any atom is 0.151 e. The fraction of sp³-hybridized carbons (Fsp3) is 0.0435. The Morgan fingerprint density at radius 1 is 0.545 bits per heavy atom. The third-order valence-corrected chi connectivity index (χ3v) is 9.97. The zero-order valence-corrected chi connectivity index (χ0v) is 29.5. The maximum absolute atomic E-state index is 15.0. The smallest absolute Gasteiger partial charge is 0.151 e. The van der Waals surface area contributed by atoms with E-state index < -0.39 is 11.6 Å². The molecule has 1 aromatic heterocycles. The molecular formula is C46H28F2N4O3. The molecule has 0 unspecified atom stereocenters. The Labute approximate surface area is 314 Å². The Bertz CT molecular complexity index is 2810. The molecule has 1 aliphatic rings. The first-order valence-corrected chi connectivity index (χ1v) is 17.3. The Hall–Kier alpha value is -7.62. The van der Waals surface area contributed by atoms with Crippen LogP contribution in [-0.2, 0) is 0 Å². The fourth-order valence-electron chi connectivity index (χ4n) is 7.44. The van der Waals surface area contributed by atoms with E-state index in [1.165, 1.54) is 24.3 Å². The Balaban J connectivity index is 1.49. The zero-order chi connectivity index (χ0) is 37.8. The molecule has 0 saturated carbocycles. The minimum atomic E-state index is -0.450. The molecule has 0 aliphatic carbocycles. The van der Waals surface area contributed by atoms with Gasteiger partial charge in [0.05, 0.1) is 71.3 Å². The molecule has 8 aromatic rings. The highest BCUT2D eigenvalue weighted by atomic mass is 19.1. The highest BCUT2D eigenvalue weighted by molar-refractivity contribution is 6.12. The molecule has 9 heteroatoms. The summed E-state index contributed by atoms with van der Waals surface area (Å²) in [7, 11) is 3.21. The van der Waals surface area contributed by atoms with E-state index in [0.29, 0.717) is 73.0 Å². The third kappa shape index (κ3) is 5.46. The SMILES string of the molecule is COc1ccc2c(c1)N(c1ccc(-c3ccc(C#N)cc3)c(-n3c4ccc(F)cc4c4cc(F)ccc43)c1-c1ccc(C#N)cc1)c1cc(OC)ccc1O2. The second kappa shape index (κ2) is 13.1. The monoisotopic (exact) mass is 722 g/mol. The molecule has 7 aromatic carbocycles. The van der Waals surface area contributed by atoms with E-state index in [1.54, 1.807) is 50.6 Å². The van der Waals surface area contributed by atoms with Crippen LogP contribution in [0.25, 0.3) is 49.7 Å². The molecule has 1 aliphatic heterocycles. The van der Waals surface area contributed by atoms with Crippen LogP contribution in [0.1, 0.15) is 11.1 Å². The number of hydrogen-bond acceptors (Lipinski definition) is 6. The second-order valence-corrected chi connectivity index (χ2v) is 13.0. The Morgan fingerprint density at radius 2 is 1.05 bits per heavy atom. The zero-order valence-electron chi connectivity index (χ0n) is 29.5. The van der Waals surface area contributed by atoms with Gasteiger partial charge in [-0.1, -0.05) is 30.3 Å². The lowest BCUT2D eigenvalue weighted by Gasteiger charge is -2.35. The van der Waals surface area contributed by atoms with E-state index >= 15 is 8.78 Å². The quantitative estimate of drug-likeness (QED) is 0.170. The molecule has 2 heterocycles. The number of anilines is 3. The average molecular weight is 723 g/mol. The molecule has 9 rings (SSSR count). The van der Waals surface area contributed by atoms with Crippen molar-refractivity contribution in [2.45, 2.75) is 0 Å². The first-order chi connectivity index (χ1) is 26.9. The van der Waals surface area contributed by atoms with Crippen LogP contribution in [0.4, 0.5) is 25.8 Å².